The molecular weight excluding hydrogens is 396 g/mol. The summed E-state index contributed by atoms with van der Waals surface area (Å²) >= 11 is 5.89. The third-order valence-corrected chi connectivity index (χ3v) is 4.91. The molecule has 1 heterocycles. The molecule has 1 fully saturated rings. The lowest BCUT2D eigenvalue weighted by molar-refractivity contribution is -0.384. The minimum absolute atomic E-state index is 0.00350. The smallest absolute Gasteiger partial charge is 0.294 e. The third kappa shape index (κ3) is 5.36. The van der Waals surface area contributed by atoms with Gasteiger partial charge < -0.3 is 15.0 Å². The first-order valence-electron chi connectivity index (χ1n) is 9.41. The van der Waals surface area contributed by atoms with Crippen LogP contribution in [0.15, 0.2) is 42.5 Å². The zero-order valence-corrected chi connectivity index (χ0v) is 16.9. The van der Waals surface area contributed by atoms with Gasteiger partial charge in [0.1, 0.15) is 11.4 Å². The second kappa shape index (κ2) is 9.58. The molecule has 29 heavy (non-hydrogen) atoms. The van der Waals surface area contributed by atoms with E-state index < -0.39 is 4.92 Å². The molecule has 0 aliphatic carbocycles. The van der Waals surface area contributed by atoms with Crippen LogP contribution >= 0.6 is 11.6 Å². The van der Waals surface area contributed by atoms with Gasteiger partial charge in [-0.3, -0.25) is 19.8 Å². The number of ether oxygens (including phenoxy) is 1. The Labute approximate surface area is 174 Å². The first kappa shape index (κ1) is 20.9. The Morgan fingerprint density at radius 3 is 2.62 bits per heavy atom. The molecule has 0 aromatic heterocycles. The number of hydrogen-bond acceptors (Lipinski definition) is 6. The van der Waals surface area contributed by atoms with Crippen molar-refractivity contribution in [3.05, 3.63) is 57.6 Å². The number of para-hydroxylation sites is 2. The van der Waals surface area contributed by atoms with E-state index in [0.717, 1.165) is 0 Å². The number of amides is 1. The highest BCUT2D eigenvalue weighted by Crippen LogP contribution is 2.31. The van der Waals surface area contributed by atoms with Crippen molar-refractivity contribution in [1.82, 2.24) is 4.90 Å². The highest BCUT2D eigenvalue weighted by Gasteiger charge is 2.25. The molecule has 8 nitrogen and oxygen atoms in total. The summed E-state index contributed by atoms with van der Waals surface area (Å²) in [7, 11) is 0. The average molecular weight is 419 g/mol. The molecule has 1 saturated heterocycles. The van der Waals surface area contributed by atoms with Gasteiger partial charge in [0.2, 0.25) is 5.91 Å². The van der Waals surface area contributed by atoms with E-state index in [-0.39, 0.29) is 18.1 Å². The molecule has 1 N–H and O–H groups in total. The van der Waals surface area contributed by atoms with Crippen LogP contribution in [-0.2, 0) is 4.79 Å². The van der Waals surface area contributed by atoms with Crippen molar-refractivity contribution in [1.29, 1.82) is 0 Å². The van der Waals surface area contributed by atoms with Crippen LogP contribution in [0, 0.1) is 10.1 Å². The first-order chi connectivity index (χ1) is 14.0. The van der Waals surface area contributed by atoms with Gasteiger partial charge in [-0.05, 0) is 31.2 Å². The Balaban J connectivity index is 1.57. The second-order valence-corrected chi connectivity index (χ2v) is 7.07. The van der Waals surface area contributed by atoms with Crippen molar-refractivity contribution in [2.24, 2.45) is 0 Å². The molecule has 0 atom stereocenters. The predicted octanol–water partition coefficient (Wildman–Crippen LogP) is 3.41. The van der Waals surface area contributed by atoms with Crippen molar-refractivity contribution < 1.29 is 14.5 Å². The molecule has 0 radical (unpaired) electrons. The summed E-state index contributed by atoms with van der Waals surface area (Å²) in [6.07, 6.45) is 0. The maximum absolute atomic E-state index is 12.4. The van der Waals surface area contributed by atoms with Crippen molar-refractivity contribution in [3.63, 3.8) is 0 Å². The molecular formula is C20H23ClN4O4. The van der Waals surface area contributed by atoms with Gasteiger partial charge in [0, 0.05) is 37.3 Å². The van der Waals surface area contributed by atoms with Crippen LogP contribution in [0.25, 0.3) is 0 Å². The van der Waals surface area contributed by atoms with Crippen LogP contribution in [0.5, 0.6) is 5.75 Å². The minimum Gasteiger partial charge on any atom is -0.492 e. The Morgan fingerprint density at radius 2 is 1.93 bits per heavy atom. The van der Waals surface area contributed by atoms with Gasteiger partial charge in [-0.15, -0.1) is 0 Å². The van der Waals surface area contributed by atoms with Gasteiger partial charge in [0.15, 0.2) is 0 Å². The molecule has 0 bridgehead atoms. The van der Waals surface area contributed by atoms with Crippen LogP contribution in [-0.4, -0.2) is 55.1 Å². The topological polar surface area (TPSA) is 88.0 Å². The summed E-state index contributed by atoms with van der Waals surface area (Å²) in [4.78, 5) is 27.3. The number of benzene rings is 2. The zero-order valence-electron chi connectivity index (χ0n) is 16.1. The SMILES string of the molecule is CCOc1ccccc1NC(=O)CN1CCN(c2ccc(Cl)cc2[N+](=O)[O-])CC1. The van der Waals surface area contributed by atoms with Gasteiger partial charge in [0.05, 0.1) is 23.8 Å². The van der Waals surface area contributed by atoms with Crippen molar-refractivity contribution >= 4 is 34.6 Å². The molecule has 1 aliphatic heterocycles. The standard InChI is InChI=1S/C20H23ClN4O4/c1-2-29-19-6-4-3-5-16(19)22-20(26)14-23-9-11-24(12-10-23)17-8-7-15(21)13-18(17)25(27)28/h3-8,13H,2,9-12,14H2,1H3,(H,22,26). The van der Waals surface area contributed by atoms with Crippen molar-refractivity contribution in [3.8, 4) is 5.75 Å². The van der Waals surface area contributed by atoms with Crippen LogP contribution in [0.4, 0.5) is 17.1 Å². The highest BCUT2D eigenvalue weighted by atomic mass is 35.5. The lowest BCUT2D eigenvalue weighted by Gasteiger charge is -2.35. The number of piperazine rings is 1. The fourth-order valence-electron chi connectivity index (χ4n) is 3.30. The Morgan fingerprint density at radius 1 is 1.21 bits per heavy atom. The molecule has 2 aromatic rings. The number of nitro groups is 1. The molecule has 0 saturated carbocycles. The van der Waals surface area contributed by atoms with Gasteiger partial charge >= 0.3 is 0 Å². The molecule has 0 spiro atoms. The molecule has 154 valence electrons. The summed E-state index contributed by atoms with van der Waals surface area (Å²) in [6, 6.07) is 12.0. The van der Waals surface area contributed by atoms with Crippen LogP contribution in [0.3, 0.4) is 0 Å². The predicted molar refractivity (Wildman–Crippen MR) is 113 cm³/mol. The minimum atomic E-state index is -0.420. The van der Waals surface area contributed by atoms with E-state index in [1.54, 1.807) is 18.2 Å². The monoisotopic (exact) mass is 418 g/mol. The van der Waals surface area contributed by atoms with E-state index in [2.05, 4.69) is 5.32 Å². The summed E-state index contributed by atoms with van der Waals surface area (Å²) < 4.78 is 5.53. The fraction of sp³-hybridized carbons (Fsp3) is 0.350. The van der Waals surface area contributed by atoms with Crippen LogP contribution in [0.1, 0.15) is 6.92 Å². The number of rotatable bonds is 7. The number of nitro benzene ring substituents is 1. The Bertz CT molecular complexity index is 885. The maximum atomic E-state index is 12.4. The molecule has 9 heteroatoms. The van der Waals surface area contributed by atoms with Crippen molar-refractivity contribution in [2.75, 3.05) is 49.5 Å². The number of halogens is 1. The molecule has 1 aliphatic rings. The van der Waals surface area contributed by atoms with Crippen LogP contribution in [0.2, 0.25) is 5.02 Å². The number of nitrogens with zero attached hydrogens (tertiary/aromatic N) is 3. The van der Waals surface area contributed by atoms with Gasteiger partial charge in [0.25, 0.3) is 5.69 Å². The largest absolute Gasteiger partial charge is 0.492 e. The van der Waals surface area contributed by atoms with E-state index >= 15 is 0 Å². The van der Waals surface area contributed by atoms with Gasteiger partial charge in [-0.25, -0.2) is 0 Å². The van der Waals surface area contributed by atoms with Gasteiger partial charge in [-0.2, -0.15) is 0 Å². The van der Waals surface area contributed by atoms with E-state index in [0.29, 0.717) is 54.9 Å². The number of anilines is 2. The van der Waals surface area contributed by atoms with E-state index in [1.165, 1.54) is 6.07 Å². The van der Waals surface area contributed by atoms with Crippen LogP contribution < -0.4 is 15.0 Å². The second-order valence-electron chi connectivity index (χ2n) is 6.63. The van der Waals surface area contributed by atoms with E-state index in [4.69, 9.17) is 16.3 Å². The molecule has 3 rings (SSSR count). The number of carbonyl (C=O) groups excluding carboxylic acids is 1. The Kier molecular flexibility index (Phi) is 6.90. The number of carbonyl (C=O) groups is 1. The molecule has 1 amide bonds. The fourth-order valence-corrected chi connectivity index (χ4v) is 3.47. The van der Waals surface area contributed by atoms with E-state index in [1.807, 2.05) is 34.9 Å². The Hall–Kier alpha value is -2.84. The normalized spacial score (nSPS) is 14.5. The molecule has 0 unspecified atom stereocenters. The molecule has 2 aromatic carbocycles. The quantitative estimate of drug-likeness (QED) is 0.547. The van der Waals surface area contributed by atoms with Crippen molar-refractivity contribution in [2.45, 2.75) is 6.92 Å². The summed E-state index contributed by atoms with van der Waals surface area (Å²) in [5, 5.41) is 14.5. The summed E-state index contributed by atoms with van der Waals surface area (Å²) in [5.74, 6) is 0.520. The lowest BCUT2D eigenvalue weighted by Crippen LogP contribution is -2.48. The number of hydrogen-bond donors (Lipinski definition) is 1. The average Bonchev–Trinajstić information content (AvgIpc) is 2.70. The highest BCUT2D eigenvalue weighted by molar-refractivity contribution is 6.30. The lowest BCUT2D eigenvalue weighted by atomic mass is 10.2. The maximum Gasteiger partial charge on any atom is 0.294 e. The van der Waals surface area contributed by atoms with Gasteiger partial charge in [-0.1, -0.05) is 23.7 Å². The third-order valence-electron chi connectivity index (χ3n) is 4.68. The zero-order chi connectivity index (χ0) is 20.8. The van der Waals surface area contributed by atoms with E-state index in [9.17, 15) is 14.9 Å². The number of nitrogens with one attached hydrogen (secondary N) is 1. The first-order valence-corrected chi connectivity index (χ1v) is 9.78. The summed E-state index contributed by atoms with van der Waals surface area (Å²) in [5.41, 5.74) is 1.19. The summed E-state index contributed by atoms with van der Waals surface area (Å²) in [6.45, 7) is 5.09.